The van der Waals surface area contributed by atoms with Crippen LogP contribution in [0.15, 0.2) is 60.7 Å². The molecular weight excluding hydrogens is 568 g/mol. The fraction of sp³-hybridized carbons (Fsp3) is 0.333. The lowest BCUT2D eigenvalue weighted by Crippen LogP contribution is -2.29. The van der Waals surface area contributed by atoms with Gasteiger partial charge in [-0.2, -0.15) is 0 Å². The summed E-state index contributed by atoms with van der Waals surface area (Å²) in [4.78, 5) is 46.0. The number of fused-ring (bicyclic) bond motifs is 1. The van der Waals surface area contributed by atoms with Crippen LogP contribution >= 0.6 is 11.3 Å². The first-order chi connectivity index (χ1) is 20.7. The number of amides is 1. The Kier molecular flexibility index (Phi) is 8.96. The molecule has 0 spiro atoms. The fourth-order valence-electron chi connectivity index (χ4n) is 5.26. The monoisotopic (exact) mass is 602 g/mol. The van der Waals surface area contributed by atoms with Crippen LogP contribution < -0.4 is 14.4 Å². The predicted molar refractivity (Wildman–Crippen MR) is 164 cm³/mol. The fourth-order valence-corrected chi connectivity index (χ4v) is 6.25. The molecule has 43 heavy (non-hydrogen) atoms. The minimum absolute atomic E-state index is 0.00134. The third-order valence-corrected chi connectivity index (χ3v) is 8.45. The van der Waals surface area contributed by atoms with Crippen molar-refractivity contribution in [2.75, 3.05) is 18.1 Å². The van der Waals surface area contributed by atoms with Crippen molar-refractivity contribution < 1.29 is 33.7 Å². The van der Waals surface area contributed by atoms with Gasteiger partial charge < -0.3 is 19.3 Å². The average Bonchev–Trinajstić information content (AvgIpc) is 3.65. The third-order valence-electron chi connectivity index (χ3n) is 7.31. The summed E-state index contributed by atoms with van der Waals surface area (Å²) in [5.41, 5.74) is 2.13. The van der Waals surface area contributed by atoms with Gasteiger partial charge in [0.25, 0.3) is 5.78 Å². The number of ketones is 1. The second-order valence-electron chi connectivity index (χ2n) is 10.6. The van der Waals surface area contributed by atoms with Crippen molar-refractivity contribution in [2.45, 2.75) is 58.6 Å². The number of carbonyl (C=O) groups is 3. The van der Waals surface area contributed by atoms with Crippen LogP contribution in [0.1, 0.15) is 71.2 Å². The van der Waals surface area contributed by atoms with E-state index < -0.39 is 23.7 Å². The molecule has 2 aromatic carbocycles. The second-order valence-corrected chi connectivity index (χ2v) is 11.5. The summed E-state index contributed by atoms with van der Waals surface area (Å²) in [6.07, 6.45) is 5.10. The number of unbranched alkanes of at least 4 members (excludes halogenated alkanes) is 2. The summed E-state index contributed by atoms with van der Waals surface area (Å²) < 4.78 is 17.0. The molecule has 224 valence electrons. The van der Waals surface area contributed by atoms with Crippen molar-refractivity contribution in [3.05, 3.63) is 88.0 Å². The molecule has 2 atom stereocenters. The van der Waals surface area contributed by atoms with Crippen LogP contribution in [0.2, 0.25) is 0 Å². The molecule has 5 rings (SSSR count). The summed E-state index contributed by atoms with van der Waals surface area (Å²) in [7, 11) is 0. The first kappa shape index (κ1) is 30.0. The Labute approximate surface area is 254 Å². The zero-order valence-electron chi connectivity index (χ0n) is 24.4. The lowest BCUT2D eigenvalue weighted by atomic mass is 9.94. The number of hydrogen-bond acceptors (Lipinski definition) is 9. The number of aromatic nitrogens is 1. The highest BCUT2D eigenvalue weighted by molar-refractivity contribution is 7.17. The molecule has 1 fully saturated rings. The van der Waals surface area contributed by atoms with Crippen LogP contribution in [0.25, 0.3) is 5.76 Å². The van der Waals surface area contributed by atoms with E-state index in [0.717, 1.165) is 41.9 Å². The third kappa shape index (κ3) is 6.06. The van der Waals surface area contributed by atoms with Crippen LogP contribution in [-0.4, -0.2) is 47.1 Å². The smallest absolute Gasteiger partial charge is 0.350 e. The van der Waals surface area contributed by atoms with E-state index in [9.17, 15) is 19.5 Å². The number of nitrogens with zero attached hydrogens (tertiary/aromatic N) is 2. The molecule has 3 aromatic rings. The molecule has 0 bridgehead atoms. The number of benzene rings is 2. The summed E-state index contributed by atoms with van der Waals surface area (Å²) in [5.74, 6) is -1.33. The van der Waals surface area contributed by atoms with E-state index in [1.165, 1.54) is 11.0 Å². The number of anilines is 1. The zero-order valence-corrected chi connectivity index (χ0v) is 25.2. The van der Waals surface area contributed by atoms with Crippen molar-refractivity contribution in [2.24, 2.45) is 0 Å². The van der Waals surface area contributed by atoms with Gasteiger partial charge in [-0.3, -0.25) is 14.5 Å². The molecular formula is C33H34N2O7S. The Hall–Kier alpha value is -4.44. The molecule has 1 amide bonds. The Bertz CT molecular complexity index is 1610. The summed E-state index contributed by atoms with van der Waals surface area (Å²) in [5, 5.41) is 11.8. The van der Waals surface area contributed by atoms with Crippen LogP contribution in [-0.2, 0) is 20.7 Å². The maximum absolute atomic E-state index is 13.7. The standard InChI is InChI=1S/C33H34N2O7S/c1-5-7-8-15-40-24-11-9-10-21(18-24)27-26(28(36)22-12-13-25-23(17-22)16-19(3)42-25)29(37)31(38)35(27)33-34-20(4)30(43-33)32(39)41-14-6-2/h6,9-13,17-19,27,36H,2,5,7-8,14-16H2,1,3-4H3/t19-,27+/m0/s1. The van der Waals surface area contributed by atoms with Gasteiger partial charge in [0.2, 0.25) is 0 Å². The molecule has 9 nitrogen and oxygen atoms in total. The maximum Gasteiger partial charge on any atom is 0.350 e. The predicted octanol–water partition coefficient (Wildman–Crippen LogP) is 6.31. The van der Waals surface area contributed by atoms with Gasteiger partial charge in [-0.05, 0) is 61.7 Å². The molecule has 3 heterocycles. The van der Waals surface area contributed by atoms with E-state index in [-0.39, 0.29) is 34.1 Å². The number of ether oxygens (including phenoxy) is 3. The quantitative estimate of drug-likeness (QED) is 0.0678. The van der Waals surface area contributed by atoms with E-state index in [0.29, 0.717) is 35.6 Å². The number of carbonyl (C=O) groups excluding carboxylic acids is 3. The van der Waals surface area contributed by atoms with Crippen molar-refractivity contribution in [3.63, 3.8) is 0 Å². The first-order valence-corrected chi connectivity index (χ1v) is 15.1. The largest absolute Gasteiger partial charge is 0.507 e. The Morgan fingerprint density at radius 3 is 2.81 bits per heavy atom. The molecule has 0 radical (unpaired) electrons. The van der Waals surface area contributed by atoms with Gasteiger partial charge in [0.05, 0.1) is 23.9 Å². The maximum atomic E-state index is 13.7. The highest BCUT2D eigenvalue weighted by atomic mass is 32.1. The molecule has 0 unspecified atom stereocenters. The van der Waals surface area contributed by atoms with E-state index in [4.69, 9.17) is 14.2 Å². The molecule has 1 saturated heterocycles. The molecule has 2 aliphatic heterocycles. The zero-order chi connectivity index (χ0) is 30.7. The highest BCUT2D eigenvalue weighted by Crippen LogP contribution is 2.45. The van der Waals surface area contributed by atoms with E-state index in [1.807, 2.05) is 13.0 Å². The number of aliphatic hydroxyl groups is 1. The first-order valence-electron chi connectivity index (χ1n) is 14.3. The molecule has 2 aliphatic rings. The van der Waals surface area contributed by atoms with E-state index in [1.54, 1.807) is 43.3 Å². The number of thiazole rings is 1. The number of hydrogen-bond donors (Lipinski definition) is 1. The molecule has 0 aliphatic carbocycles. The highest BCUT2D eigenvalue weighted by Gasteiger charge is 2.48. The van der Waals surface area contributed by atoms with Crippen molar-refractivity contribution in [1.29, 1.82) is 0 Å². The van der Waals surface area contributed by atoms with E-state index >= 15 is 0 Å². The number of Topliss-reactive ketones (excluding diaryl/α,β-unsaturated/α-hetero) is 1. The topological polar surface area (TPSA) is 115 Å². The number of esters is 1. The minimum atomic E-state index is -1.02. The van der Waals surface area contributed by atoms with Crippen molar-refractivity contribution in [1.82, 2.24) is 4.98 Å². The van der Waals surface area contributed by atoms with Crippen LogP contribution in [0, 0.1) is 6.92 Å². The summed E-state index contributed by atoms with van der Waals surface area (Å²) in [6.45, 7) is 9.81. The molecule has 0 saturated carbocycles. The Morgan fingerprint density at radius 1 is 1.23 bits per heavy atom. The molecule has 10 heteroatoms. The molecule has 1 N–H and O–H groups in total. The van der Waals surface area contributed by atoms with Gasteiger partial charge in [0.15, 0.2) is 5.13 Å². The number of aliphatic hydroxyl groups excluding tert-OH is 1. The number of aryl methyl sites for hydroxylation is 1. The Morgan fingerprint density at radius 2 is 2.05 bits per heavy atom. The van der Waals surface area contributed by atoms with Gasteiger partial charge in [-0.15, -0.1) is 0 Å². The van der Waals surface area contributed by atoms with Gasteiger partial charge in [-0.25, -0.2) is 9.78 Å². The van der Waals surface area contributed by atoms with Gasteiger partial charge in [0, 0.05) is 12.0 Å². The average molecular weight is 603 g/mol. The van der Waals surface area contributed by atoms with Gasteiger partial charge in [-0.1, -0.05) is 55.9 Å². The number of rotatable bonds is 11. The van der Waals surface area contributed by atoms with Crippen molar-refractivity contribution >= 4 is 39.9 Å². The summed E-state index contributed by atoms with van der Waals surface area (Å²) in [6, 6.07) is 11.3. The van der Waals surface area contributed by atoms with Crippen LogP contribution in [0.3, 0.4) is 0 Å². The van der Waals surface area contributed by atoms with E-state index in [2.05, 4.69) is 18.5 Å². The van der Waals surface area contributed by atoms with Gasteiger partial charge in [0.1, 0.15) is 34.8 Å². The van der Waals surface area contributed by atoms with Crippen LogP contribution in [0.4, 0.5) is 5.13 Å². The Balaban J connectivity index is 1.61. The molecule has 1 aromatic heterocycles. The minimum Gasteiger partial charge on any atom is -0.507 e. The van der Waals surface area contributed by atoms with Crippen molar-refractivity contribution in [3.8, 4) is 11.5 Å². The normalized spacial score (nSPS) is 18.8. The van der Waals surface area contributed by atoms with Crippen LogP contribution in [0.5, 0.6) is 11.5 Å². The lowest BCUT2D eigenvalue weighted by Gasteiger charge is -2.23. The van der Waals surface area contributed by atoms with Gasteiger partial charge >= 0.3 is 11.9 Å². The lowest BCUT2D eigenvalue weighted by molar-refractivity contribution is -0.132. The summed E-state index contributed by atoms with van der Waals surface area (Å²) >= 11 is 0.950. The SMILES string of the molecule is C=CCOC(=O)c1sc(N2C(=O)C(=O)C(=C(O)c3ccc4c(c3)C[C@H](C)O4)[C@H]2c2cccc(OCCCCC)c2)nc1C. The second kappa shape index (κ2) is 12.8.